The average Bonchev–Trinajstić information content (AvgIpc) is 3.07. The van der Waals surface area contributed by atoms with Crippen molar-refractivity contribution in [2.24, 2.45) is 16.7 Å². The molecule has 5 heterocycles. The number of fused-ring (bicyclic) bond motifs is 2. The van der Waals surface area contributed by atoms with Gasteiger partial charge >= 0.3 is 0 Å². The van der Waals surface area contributed by atoms with Gasteiger partial charge in [0, 0.05) is 32.4 Å². The van der Waals surface area contributed by atoms with Gasteiger partial charge in [0.05, 0.1) is 17.0 Å². The Morgan fingerprint density at radius 1 is 1.04 bits per heavy atom. The zero-order chi connectivity index (χ0) is 19.7. The molecule has 1 unspecified atom stereocenters. The van der Waals surface area contributed by atoms with E-state index in [9.17, 15) is 19.2 Å². The van der Waals surface area contributed by atoms with Crippen molar-refractivity contribution in [3.05, 3.63) is 6.42 Å². The molecule has 6 rings (SSSR count). The van der Waals surface area contributed by atoms with E-state index in [-0.39, 0.29) is 42.0 Å². The van der Waals surface area contributed by atoms with E-state index in [0.29, 0.717) is 19.3 Å². The second-order valence-corrected chi connectivity index (χ2v) is 9.87. The van der Waals surface area contributed by atoms with E-state index < -0.39 is 21.9 Å². The smallest absolute Gasteiger partial charge is 0.249 e. The molecule has 145 valence electrons. The molecule has 7 heteroatoms. The number of piperazine rings is 1. The van der Waals surface area contributed by atoms with Gasteiger partial charge in [0.25, 0.3) is 0 Å². The van der Waals surface area contributed by atoms with E-state index in [1.165, 1.54) is 11.9 Å². The van der Waals surface area contributed by atoms with Gasteiger partial charge in [-0.05, 0) is 25.2 Å². The number of piperidine rings is 2. The highest BCUT2D eigenvalue weighted by atomic mass is 16.2. The zero-order valence-electron chi connectivity index (χ0n) is 16.5. The van der Waals surface area contributed by atoms with Crippen LogP contribution in [0.25, 0.3) is 0 Å². The molecule has 0 aromatic heterocycles. The molecule has 3 spiro atoms. The average molecular weight is 372 g/mol. The molecule has 1 saturated carbocycles. The van der Waals surface area contributed by atoms with Gasteiger partial charge in [-0.25, -0.2) is 0 Å². The van der Waals surface area contributed by atoms with Gasteiger partial charge in [0.1, 0.15) is 5.54 Å². The van der Waals surface area contributed by atoms with Crippen LogP contribution in [0.4, 0.5) is 0 Å². The van der Waals surface area contributed by atoms with Crippen LogP contribution in [0.5, 0.6) is 0 Å². The maximum Gasteiger partial charge on any atom is 0.249 e. The first-order chi connectivity index (χ1) is 12.5. The molecule has 5 aliphatic heterocycles. The summed E-state index contributed by atoms with van der Waals surface area (Å²) in [6.45, 7) is 5.99. The predicted molar refractivity (Wildman–Crippen MR) is 94.8 cm³/mol. The Bertz CT molecular complexity index is 837. The Morgan fingerprint density at radius 2 is 1.70 bits per heavy atom. The van der Waals surface area contributed by atoms with Gasteiger partial charge in [-0.2, -0.15) is 0 Å². The number of nitrogens with zero attached hydrogens (tertiary/aromatic N) is 3. The van der Waals surface area contributed by atoms with Gasteiger partial charge in [-0.1, -0.05) is 20.8 Å². The lowest BCUT2D eigenvalue weighted by atomic mass is 9.61. The first-order valence-electron chi connectivity index (χ1n) is 9.73. The van der Waals surface area contributed by atoms with E-state index in [1.54, 1.807) is 11.9 Å². The molecule has 5 atom stereocenters. The summed E-state index contributed by atoms with van der Waals surface area (Å²) in [6.07, 6.45) is 3.62. The molecule has 5 saturated heterocycles. The molecule has 1 radical (unpaired) electrons. The second kappa shape index (κ2) is 4.39. The van der Waals surface area contributed by atoms with Crippen LogP contribution in [0.1, 0.15) is 46.5 Å². The lowest BCUT2D eigenvalue weighted by molar-refractivity contribution is -0.186. The van der Waals surface area contributed by atoms with Crippen molar-refractivity contribution >= 4 is 23.6 Å². The molecule has 1 aliphatic carbocycles. The third kappa shape index (κ3) is 1.42. The van der Waals surface area contributed by atoms with E-state index >= 15 is 0 Å². The van der Waals surface area contributed by atoms with Crippen molar-refractivity contribution in [2.45, 2.75) is 63.6 Å². The normalized spacial score (nSPS) is 47.5. The van der Waals surface area contributed by atoms with Crippen molar-refractivity contribution in [3.63, 3.8) is 0 Å². The Labute approximate surface area is 159 Å². The molecular weight excluding hydrogens is 346 g/mol. The Hall–Kier alpha value is -1.92. The highest BCUT2D eigenvalue weighted by Crippen LogP contribution is 2.71. The van der Waals surface area contributed by atoms with Crippen LogP contribution in [0.2, 0.25) is 0 Å². The van der Waals surface area contributed by atoms with Crippen LogP contribution in [0.3, 0.4) is 0 Å². The third-order valence-corrected chi connectivity index (χ3v) is 8.84. The van der Waals surface area contributed by atoms with Crippen molar-refractivity contribution in [1.82, 2.24) is 14.7 Å². The van der Waals surface area contributed by atoms with Crippen molar-refractivity contribution in [3.8, 4) is 0 Å². The van der Waals surface area contributed by atoms with Gasteiger partial charge in [0.15, 0.2) is 0 Å². The molecule has 27 heavy (non-hydrogen) atoms. The maximum atomic E-state index is 13.5. The van der Waals surface area contributed by atoms with Crippen LogP contribution < -0.4 is 0 Å². The topological polar surface area (TPSA) is 78.0 Å². The zero-order valence-corrected chi connectivity index (χ0v) is 16.5. The fourth-order valence-electron chi connectivity index (χ4n) is 7.27. The van der Waals surface area contributed by atoms with Gasteiger partial charge in [-0.15, -0.1) is 0 Å². The molecule has 0 aromatic carbocycles. The largest absolute Gasteiger partial charge is 0.336 e. The summed E-state index contributed by atoms with van der Waals surface area (Å²) in [5, 5.41) is 0. The summed E-state index contributed by atoms with van der Waals surface area (Å²) in [5.41, 5.74) is -3.04. The van der Waals surface area contributed by atoms with Crippen molar-refractivity contribution in [1.29, 1.82) is 0 Å². The quantitative estimate of drug-likeness (QED) is 0.583. The molecule has 4 amide bonds. The SMILES string of the molecule is C[C@H]1CC(=O)N2C3C(C)(C)[C@@]4(CC(=O)N(C)C4=O)C[C@]34[CH]C[C@]12C(=O)N4C. The fraction of sp³-hybridized carbons (Fsp3) is 0.750. The molecule has 0 aromatic rings. The molecule has 0 N–H and O–H groups in total. The Morgan fingerprint density at radius 3 is 2.30 bits per heavy atom. The van der Waals surface area contributed by atoms with Gasteiger partial charge in [-0.3, -0.25) is 24.1 Å². The van der Waals surface area contributed by atoms with E-state index in [2.05, 4.69) is 6.42 Å². The van der Waals surface area contributed by atoms with E-state index in [4.69, 9.17) is 0 Å². The molecular formula is C20H26N3O4. The monoisotopic (exact) mass is 372 g/mol. The number of carbonyl (C=O) groups is 4. The first kappa shape index (κ1) is 17.2. The van der Waals surface area contributed by atoms with Crippen LogP contribution in [-0.2, 0) is 19.2 Å². The van der Waals surface area contributed by atoms with E-state index in [1.807, 2.05) is 25.7 Å². The maximum absolute atomic E-state index is 13.5. The number of likely N-dealkylation sites (tertiary alicyclic amines) is 1. The minimum Gasteiger partial charge on any atom is -0.336 e. The Balaban J connectivity index is 1.76. The summed E-state index contributed by atoms with van der Waals surface area (Å²) in [4.78, 5) is 57.1. The summed E-state index contributed by atoms with van der Waals surface area (Å²) < 4.78 is 0. The van der Waals surface area contributed by atoms with Crippen LogP contribution in [0, 0.1) is 23.2 Å². The molecule has 7 nitrogen and oxygen atoms in total. The van der Waals surface area contributed by atoms with Crippen molar-refractivity contribution < 1.29 is 19.2 Å². The lowest BCUT2D eigenvalue weighted by Crippen LogP contribution is -2.81. The number of carbonyl (C=O) groups excluding carboxylic acids is 4. The number of rotatable bonds is 0. The summed E-state index contributed by atoms with van der Waals surface area (Å²) in [7, 11) is 3.34. The predicted octanol–water partition coefficient (Wildman–Crippen LogP) is 0.586. The lowest BCUT2D eigenvalue weighted by Gasteiger charge is -2.65. The first-order valence-corrected chi connectivity index (χ1v) is 9.73. The van der Waals surface area contributed by atoms with Crippen LogP contribution in [-0.4, -0.2) is 69.5 Å². The summed E-state index contributed by atoms with van der Waals surface area (Å²) in [5.74, 6) is -0.431. The molecule has 6 fully saturated rings. The summed E-state index contributed by atoms with van der Waals surface area (Å²) in [6, 6.07) is -0.290. The highest BCUT2D eigenvalue weighted by molar-refractivity contribution is 6.07. The highest BCUT2D eigenvalue weighted by Gasteiger charge is 2.82. The van der Waals surface area contributed by atoms with Crippen LogP contribution >= 0.6 is 0 Å². The fourth-order valence-corrected chi connectivity index (χ4v) is 7.27. The van der Waals surface area contributed by atoms with Gasteiger partial charge in [0.2, 0.25) is 23.6 Å². The standard InChI is InChI=1S/C20H26N3O4/c1-11-8-12(24)23-14-17(2,3)18(9-13(25)21(4)15(18)26)10-19(14)6-7-20(11,23)16(27)22(19)5/h6,11,14H,7-10H2,1-5H3/t11-,14?,18-,19+,20+/m0/s1. The minimum atomic E-state index is -0.888. The summed E-state index contributed by atoms with van der Waals surface area (Å²) >= 11 is 0. The number of hydrogen-bond acceptors (Lipinski definition) is 4. The van der Waals surface area contributed by atoms with Crippen molar-refractivity contribution in [2.75, 3.05) is 14.1 Å². The number of amides is 4. The number of imide groups is 1. The van der Waals surface area contributed by atoms with Gasteiger partial charge < -0.3 is 9.80 Å². The van der Waals surface area contributed by atoms with Crippen LogP contribution in [0.15, 0.2) is 0 Å². The molecule has 2 bridgehead atoms. The number of hydrogen-bond donors (Lipinski definition) is 0. The minimum absolute atomic E-state index is 0.00155. The number of likely N-dealkylation sites (N-methyl/N-ethyl adjacent to an activating group) is 1. The second-order valence-electron chi connectivity index (χ2n) is 9.87. The molecule has 6 aliphatic rings. The Kier molecular flexibility index (Phi) is 2.79. The third-order valence-electron chi connectivity index (χ3n) is 8.84. The van der Waals surface area contributed by atoms with E-state index in [0.717, 1.165) is 0 Å².